The molecule has 2 aromatic carbocycles. The summed E-state index contributed by atoms with van der Waals surface area (Å²) in [4.78, 5) is 26.1. The Hall–Kier alpha value is -3.00. The first-order valence-corrected chi connectivity index (χ1v) is 9.09. The highest BCUT2D eigenvalue weighted by Gasteiger charge is 2.22. The average Bonchev–Trinajstić information content (AvgIpc) is 2.63. The Morgan fingerprint density at radius 3 is 2.07 bits per heavy atom. The molecule has 0 saturated carbocycles. The number of anilines is 2. The Balaban J connectivity index is 1.39. The zero-order valence-electron chi connectivity index (χ0n) is 15.3. The van der Waals surface area contributed by atoms with Crippen molar-refractivity contribution >= 4 is 23.3 Å². The van der Waals surface area contributed by atoms with E-state index in [1.165, 1.54) is 36.4 Å². The quantitative estimate of drug-likeness (QED) is 0.737. The number of carbonyl (C=O) groups is 2. The normalized spacial score (nSPS) is 15.1. The van der Waals surface area contributed by atoms with Crippen LogP contribution in [-0.4, -0.2) is 42.5 Å². The summed E-state index contributed by atoms with van der Waals surface area (Å²) in [7, 11) is 0. The molecule has 0 unspecified atom stereocenters. The number of urea groups is 1. The molecule has 1 aliphatic rings. The highest BCUT2D eigenvalue weighted by Crippen LogP contribution is 2.13. The summed E-state index contributed by atoms with van der Waals surface area (Å²) >= 11 is 0. The number of rotatable bonds is 5. The van der Waals surface area contributed by atoms with E-state index in [-0.39, 0.29) is 24.5 Å². The molecule has 0 atom stereocenters. The van der Waals surface area contributed by atoms with Gasteiger partial charge in [-0.05, 0) is 49.2 Å². The van der Waals surface area contributed by atoms with Gasteiger partial charge in [-0.15, -0.1) is 0 Å². The molecular formula is C20H22F2N4O2. The molecule has 3 rings (SSSR count). The van der Waals surface area contributed by atoms with Crippen LogP contribution in [0.3, 0.4) is 0 Å². The second-order valence-corrected chi connectivity index (χ2v) is 6.72. The summed E-state index contributed by atoms with van der Waals surface area (Å²) in [6.45, 7) is 1.52. The van der Waals surface area contributed by atoms with Crippen molar-refractivity contribution < 1.29 is 18.4 Å². The van der Waals surface area contributed by atoms with Crippen LogP contribution in [0.15, 0.2) is 48.5 Å². The topological polar surface area (TPSA) is 73.5 Å². The number of nitrogens with zero attached hydrogens (tertiary/aromatic N) is 1. The van der Waals surface area contributed by atoms with E-state index in [0.717, 1.165) is 0 Å². The summed E-state index contributed by atoms with van der Waals surface area (Å²) in [6, 6.07) is 11.1. The van der Waals surface area contributed by atoms with Crippen LogP contribution in [-0.2, 0) is 4.79 Å². The minimum atomic E-state index is -0.414. The van der Waals surface area contributed by atoms with E-state index in [1.807, 2.05) is 4.90 Å². The highest BCUT2D eigenvalue weighted by molar-refractivity contribution is 5.92. The SMILES string of the molecule is O=C(CN1CCC(NC(=O)Nc2cccc(F)c2)CC1)Nc1cccc(F)c1. The van der Waals surface area contributed by atoms with Gasteiger partial charge in [0, 0.05) is 30.5 Å². The molecule has 0 bridgehead atoms. The van der Waals surface area contributed by atoms with Crippen LogP contribution >= 0.6 is 0 Å². The second kappa shape index (κ2) is 9.27. The minimum Gasteiger partial charge on any atom is -0.335 e. The fourth-order valence-corrected chi connectivity index (χ4v) is 3.12. The van der Waals surface area contributed by atoms with Crippen LogP contribution in [0.1, 0.15) is 12.8 Å². The third-order valence-electron chi connectivity index (χ3n) is 4.48. The van der Waals surface area contributed by atoms with Crippen LogP contribution in [0.5, 0.6) is 0 Å². The average molecular weight is 388 g/mol. The maximum absolute atomic E-state index is 13.2. The lowest BCUT2D eigenvalue weighted by Gasteiger charge is -2.31. The van der Waals surface area contributed by atoms with Crippen molar-refractivity contribution in [3.05, 3.63) is 60.2 Å². The largest absolute Gasteiger partial charge is 0.335 e. The Bertz CT molecular complexity index is 769. The molecule has 1 heterocycles. The van der Waals surface area contributed by atoms with E-state index < -0.39 is 11.6 Å². The number of halogens is 2. The molecule has 0 aliphatic carbocycles. The number of piperidine rings is 1. The van der Waals surface area contributed by atoms with Crippen LogP contribution < -0.4 is 16.0 Å². The van der Waals surface area contributed by atoms with Crippen LogP contribution in [0, 0.1) is 11.6 Å². The molecular weight excluding hydrogens is 366 g/mol. The number of likely N-dealkylation sites (tertiary alicyclic amines) is 1. The van der Waals surface area contributed by atoms with Crippen molar-refractivity contribution in [1.82, 2.24) is 10.2 Å². The van der Waals surface area contributed by atoms with E-state index in [0.29, 0.717) is 37.3 Å². The smallest absolute Gasteiger partial charge is 0.319 e. The van der Waals surface area contributed by atoms with Crippen molar-refractivity contribution in [2.75, 3.05) is 30.3 Å². The summed E-state index contributed by atoms with van der Waals surface area (Å²) in [5.74, 6) is -1.02. The van der Waals surface area contributed by atoms with E-state index in [1.54, 1.807) is 12.1 Å². The third-order valence-corrected chi connectivity index (χ3v) is 4.48. The van der Waals surface area contributed by atoms with Crippen molar-refractivity contribution in [1.29, 1.82) is 0 Å². The van der Waals surface area contributed by atoms with E-state index in [2.05, 4.69) is 16.0 Å². The molecule has 1 fully saturated rings. The van der Waals surface area contributed by atoms with Crippen molar-refractivity contribution in [3.63, 3.8) is 0 Å². The minimum absolute atomic E-state index is 0.0175. The number of benzene rings is 2. The molecule has 1 saturated heterocycles. The van der Waals surface area contributed by atoms with Crippen molar-refractivity contribution in [3.8, 4) is 0 Å². The zero-order chi connectivity index (χ0) is 19.9. The number of amides is 3. The van der Waals surface area contributed by atoms with Crippen molar-refractivity contribution in [2.45, 2.75) is 18.9 Å². The van der Waals surface area contributed by atoms with Gasteiger partial charge in [0.25, 0.3) is 0 Å². The Labute approximate surface area is 161 Å². The summed E-state index contributed by atoms with van der Waals surface area (Å²) in [5.41, 5.74) is 0.819. The highest BCUT2D eigenvalue weighted by atomic mass is 19.1. The van der Waals surface area contributed by atoms with E-state index in [4.69, 9.17) is 0 Å². The Morgan fingerprint density at radius 2 is 1.50 bits per heavy atom. The van der Waals surface area contributed by atoms with Gasteiger partial charge in [-0.3, -0.25) is 9.69 Å². The van der Waals surface area contributed by atoms with Gasteiger partial charge in [0.15, 0.2) is 0 Å². The van der Waals surface area contributed by atoms with E-state index in [9.17, 15) is 18.4 Å². The summed E-state index contributed by atoms with van der Waals surface area (Å²) in [5, 5.41) is 8.15. The summed E-state index contributed by atoms with van der Waals surface area (Å²) < 4.78 is 26.3. The third kappa shape index (κ3) is 6.02. The number of hydrogen-bond donors (Lipinski definition) is 3. The van der Waals surface area contributed by atoms with Gasteiger partial charge >= 0.3 is 6.03 Å². The van der Waals surface area contributed by atoms with Gasteiger partial charge < -0.3 is 16.0 Å². The fraction of sp³-hybridized carbons (Fsp3) is 0.300. The number of nitrogens with one attached hydrogen (secondary N) is 3. The molecule has 1 aliphatic heterocycles. The second-order valence-electron chi connectivity index (χ2n) is 6.72. The molecule has 8 heteroatoms. The molecule has 28 heavy (non-hydrogen) atoms. The van der Waals surface area contributed by atoms with Gasteiger partial charge in [0.2, 0.25) is 5.91 Å². The van der Waals surface area contributed by atoms with Crippen LogP contribution in [0.4, 0.5) is 25.0 Å². The first-order valence-electron chi connectivity index (χ1n) is 9.09. The monoisotopic (exact) mass is 388 g/mol. The lowest BCUT2D eigenvalue weighted by atomic mass is 10.1. The summed E-state index contributed by atoms with van der Waals surface area (Å²) in [6.07, 6.45) is 1.40. The predicted octanol–water partition coefficient (Wildman–Crippen LogP) is 3.19. The standard InChI is InChI=1S/C20H22F2N4O2/c21-14-3-1-5-17(11-14)23-19(27)13-26-9-7-16(8-10-26)24-20(28)25-18-6-2-4-15(22)12-18/h1-6,11-12,16H,7-10,13H2,(H,23,27)(H2,24,25,28). The first-order chi connectivity index (χ1) is 13.5. The van der Waals surface area contributed by atoms with Gasteiger partial charge in [0.1, 0.15) is 11.6 Å². The molecule has 2 aromatic rings. The maximum Gasteiger partial charge on any atom is 0.319 e. The zero-order valence-corrected chi connectivity index (χ0v) is 15.3. The molecule has 0 spiro atoms. The number of carbonyl (C=O) groups excluding carboxylic acids is 2. The van der Waals surface area contributed by atoms with E-state index >= 15 is 0 Å². The van der Waals surface area contributed by atoms with Gasteiger partial charge in [-0.2, -0.15) is 0 Å². The lowest BCUT2D eigenvalue weighted by Crippen LogP contribution is -2.47. The van der Waals surface area contributed by atoms with Gasteiger partial charge in [0.05, 0.1) is 6.54 Å². The van der Waals surface area contributed by atoms with Crippen molar-refractivity contribution in [2.24, 2.45) is 0 Å². The maximum atomic E-state index is 13.2. The molecule has 3 N–H and O–H groups in total. The lowest BCUT2D eigenvalue weighted by molar-refractivity contribution is -0.117. The molecule has 148 valence electrons. The molecule has 0 radical (unpaired) electrons. The van der Waals surface area contributed by atoms with Crippen LogP contribution in [0.25, 0.3) is 0 Å². The molecule has 0 aromatic heterocycles. The van der Waals surface area contributed by atoms with Gasteiger partial charge in [-0.25, -0.2) is 13.6 Å². The first kappa shape index (κ1) is 19.8. The van der Waals surface area contributed by atoms with Crippen LogP contribution in [0.2, 0.25) is 0 Å². The van der Waals surface area contributed by atoms with Gasteiger partial charge in [-0.1, -0.05) is 12.1 Å². The Morgan fingerprint density at radius 1 is 0.929 bits per heavy atom. The molecule has 3 amide bonds. The predicted molar refractivity (Wildman–Crippen MR) is 103 cm³/mol. The number of hydrogen-bond acceptors (Lipinski definition) is 3. The fourth-order valence-electron chi connectivity index (χ4n) is 3.12. The Kier molecular flexibility index (Phi) is 6.54. The molecule has 6 nitrogen and oxygen atoms in total.